The van der Waals surface area contributed by atoms with E-state index < -0.39 is 17.5 Å². The van der Waals surface area contributed by atoms with Crippen LogP contribution in [-0.2, 0) is 28.5 Å². The van der Waals surface area contributed by atoms with Gasteiger partial charge in [0.05, 0.1) is 54.1 Å². The second-order valence-electron chi connectivity index (χ2n) is 10.4. The molecule has 2 aliphatic heterocycles. The zero-order chi connectivity index (χ0) is 28.6. The smallest absolute Gasteiger partial charge is 0.338 e. The number of anilines is 2. The number of benzene rings is 1. The van der Waals surface area contributed by atoms with Crippen molar-refractivity contribution in [3.05, 3.63) is 16.3 Å². The summed E-state index contributed by atoms with van der Waals surface area (Å²) in [5.74, 6) is -3.26. The lowest BCUT2D eigenvalue weighted by molar-refractivity contribution is -0.261. The Bertz CT molecular complexity index is 1020. The van der Waals surface area contributed by atoms with Gasteiger partial charge in [-0.1, -0.05) is 0 Å². The number of hydrogen-bond donors (Lipinski definition) is 1. The molecule has 0 bridgehead atoms. The first kappa shape index (κ1) is 32.2. The van der Waals surface area contributed by atoms with Crippen LogP contribution in [0.25, 0.3) is 0 Å². The molecule has 13 heteroatoms. The standard InChI is InChI=1S/C25H33I3N2O8/c1-13(31)29(7-15-9-35-24(3,4)36-10-15)21-18(26)17(23(33)34)19(27)22(20(21)28)30(14(2)32)8-16-11-37-25(5,6)38-12-16/h15-16H,7-12H2,1-6H3,(H,33,34). The first-order valence-corrected chi connectivity index (χ1v) is 15.3. The molecule has 0 radical (unpaired) electrons. The fraction of sp³-hybridized carbons (Fsp3) is 0.640. The first-order chi connectivity index (χ1) is 17.5. The topological polar surface area (TPSA) is 115 Å². The summed E-state index contributed by atoms with van der Waals surface area (Å²) in [4.78, 5) is 41.6. The molecule has 1 N–H and O–H groups in total. The Morgan fingerprint density at radius 2 is 1.05 bits per heavy atom. The van der Waals surface area contributed by atoms with E-state index in [0.717, 1.165) is 0 Å². The summed E-state index contributed by atoms with van der Waals surface area (Å²) in [7, 11) is 0. The third-order valence-corrected chi connectivity index (χ3v) is 9.45. The number of halogens is 3. The number of rotatable bonds is 7. The van der Waals surface area contributed by atoms with E-state index in [9.17, 15) is 19.5 Å². The second-order valence-corrected chi connectivity index (χ2v) is 13.6. The average molecular weight is 870 g/mol. The molecule has 2 aliphatic rings. The number of aromatic carboxylic acids is 1. The Morgan fingerprint density at radius 1 is 0.737 bits per heavy atom. The Labute approximate surface area is 263 Å². The molecule has 2 amide bonds. The Morgan fingerprint density at radius 3 is 1.32 bits per heavy atom. The van der Waals surface area contributed by atoms with Crippen LogP contribution in [-0.4, -0.2) is 74.0 Å². The molecule has 3 rings (SSSR count). The summed E-state index contributed by atoms with van der Waals surface area (Å²) in [5.41, 5.74) is 0.962. The number of amides is 2. The number of carboxylic acids is 1. The van der Waals surface area contributed by atoms with Crippen molar-refractivity contribution in [1.29, 1.82) is 0 Å². The highest BCUT2D eigenvalue weighted by atomic mass is 127. The average Bonchev–Trinajstić information content (AvgIpc) is 2.79. The number of carboxylic acid groups (broad SMARTS) is 1. The molecule has 38 heavy (non-hydrogen) atoms. The number of carbonyl (C=O) groups excluding carboxylic acids is 2. The highest BCUT2D eigenvalue weighted by Crippen LogP contribution is 2.43. The summed E-state index contributed by atoms with van der Waals surface area (Å²) >= 11 is 6.08. The van der Waals surface area contributed by atoms with Gasteiger partial charge in [0.15, 0.2) is 11.6 Å². The van der Waals surface area contributed by atoms with Crippen LogP contribution in [0.4, 0.5) is 11.4 Å². The second kappa shape index (κ2) is 12.7. The summed E-state index contributed by atoms with van der Waals surface area (Å²) in [6.45, 7) is 12.4. The van der Waals surface area contributed by atoms with E-state index in [1.165, 1.54) is 13.8 Å². The summed E-state index contributed by atoms with van der Waals surface area (Å²) in [5, 5.41) is 10.2. The zero-order valence-electron chi connectivity index (χ0n) is 22.2. The van der Waals surface area contributed by atoms with Gasteiger partial charge < -0.3 is 33.9 Å². The SMILES string of the molecule is CC(=O)N(CC1COC(C)(C)OC1)c1c(I)c(C(=O)O)c(I)c(N(CC2COC(C)(C)OC2)C(C)=O)c1I. The van der Waals surface area contributed by atoms with Gasteiger partial charge in [0.1, 0.15) is 0 Å². The Kier molecular flexibility index (Phi) is 10.7. The molecule has 2 heterocycles. The predicted octanol–water partition coefficient (Wildman–Crippen LogP) is 4.70. The maximum absolute atomic E-state index is 13.0. The lowest BCUT2D eigenvalue weighted by Crippen LogP contribution is -2.46. The van der Waals surface area contributed by atoms with E-state index >= 15 is 0 Å². The fourth-order valence-corrected chi connectivity index (χ4v) is 9.03. The van der Waals surface area contributed by atoms with Gasteiger partial charge in [0, 0.05) is 38.8 Å². The van der Waals surface area contributed by atoms with Crippen LogP contribution in [0.5, 0.6) is 0 Å². The molecule has 0 atom stereocenters. The molecule has 0 unspecified atom stereocenters. The van der Waals surface area contributed by atoms with E-state index in [1.54, 1.807) is 9.80 Å². The zero-order valence-corrected chi connectivity index (χ0v) is 28.7. The van der Waals surface area contributed by atoms with Crippen molar-refractivity contribution < 1.29 is 38.4 Å². The van der Waals surface area contributed by atoms with Crippen molar-refractivity contribution in [1.82, 2.24) is 0 Å². The van der Waals surface area contributed by atoms with Crippen LogP contribution in [0.3, 0.4) is 0 Å². The molecule has 0 aliphatic carbocycles. The Balaban J connectivity index is 2.08. The third kappa shape index (κ3) is 7.48. The minimum absolute atomic E-state index is 0.0451. The van der Waals surface area contributed by atoms with E-state index in [2.05, 4.69) is 22.6 Å². The van der Waals surface area contributed by atoms with E-state index in [0.29, 0.717) is 48.5 Å². The lowest BCUT2D eigenvalue weighted by atomic mass is 10.1. The summed E-state index contributed by atoms with van der Waals surface area (Å²) in [6.07, 6.45) is 0. The molecule has 2 fully saturated rings. The van der Waals surface area contributed by atoms with Gasteiger partial charge in [-0.2, -0.15) is 0 Å². The quantitative estimate of drug-likeness (QED) is 0.393. The van der Waals surface area contributed by atoms with Crippen molar-refractivity contribution >= 4 is 96.9 Å². The molecule has 1 aromatic rings. The van der Waals surface area contributed by atoms with Gasteiger partial charge >= 0.3 is 5.97 Å². The van der Waals surface area contributed by atoms with Crippen LogP contribution >= 0.6 is 67.8 Å². The molecule has 1 aromatic carbocycles. The molecule has 2 saturated heterocycles. The highest BCUT2D eigenvalue weighted by molar-refractivity contribution is 14.1. The van der Waals surface area contributed by atoms with Crippen molar-refractivity contribution in [3.8, 4) is 0 Å². The monoisotopic (exact) mass is 870 g/mol. The van der Waals surface area contributed by atoms with Crippen LogP contribution < -0.4 is 9.80 Å². The van der Waals surface area contributed by atoms with Crippen LogP contribution in [0.2, 0.25) is 0 Å². The third-order valence-electron chi connectivity index (χ3n) is 6.33. The number of carbonyl (C=O) groups is 3. The molecule has 10 nitrogen and oxygen atoms in total. The van der Waals surface area contributed by atoms with Crippen molar-refractivity contribution in [3.63, 3.8) is 0 Å². The molecule has 0 spiro atoms. The van der Waals surface area contributed by atoms with Gasteiger partial charge in [-0.25, -0.2) is 4.79 Å². The summed E-state index contributed by atoms with van der Waals surface area (Å²) < 4.78 is 24.6. The summed E-state index contributed by atoms with van der Waals surface area (Å²) in [6, 6.07) is 0. The van der Waals surface area contributed by atoms with Crippen molar-refractivity contribution in [2.45, 2.75) is 53.1 Å². The van der Waals surface area contributed by atoms with Gasteiger partial charge in [-0.15, -0.1) is 0 Å². The van der Waals surface area contributed by atoms with E-state index in [4.69, 9.17) is 18.9 Å². The number of nitrogens with zero attached hydrogens (tertiary/aromatic N) is 2. The first-order valence-electron chi connectivity index (χ1n) is 12.1. The maximum atomic E-state index is 13.0. The van der Waals surface area contributed by atoms with Crippen LogP contribution in [0, 0.1) is 22.5 Å². The molecule has 212 valence electrons. The molecular weight excluding hydrogens is 837 g/mol. The predicted molar refractivity (Wildman–Crippen MR) is 167 cm³/mol. The fourth-order valence-electron chi connectivity index (χ4n) is 4.24. The lowest BCUT2D eigenvalue weighted by Gasteiger charge is -2.39. The highest BCUT2D eigenvalue weighted by Gasteiger charge is 2.36. The van der Waals surface area contributed by atoms with Gasteiger partial charge in [0.2, 0.25) is 11.8 Å². The van der Waals surface area contributed by atoms with Crippen molar-refractivity contribution in [2.75, 3.05) is 49.3 Å². The van der Waals surface area contributed by atoms with Crippen LogP contribution in [0.1, 0.15) is 51.9 Å². The normalized spacial score (nSPS) is 19.7. The van der Waals surface area contributed by atoms with E-state index in [-0.39, 0.29) is 42.3 Å². The van der Waals surface area contributed by atoms with E-state index in [1.807, 2.05) is 72.9 Å². The van der Waals surface area contributed by atoms with Crippen molar-refractivity contribution in [2.24, 2.45) is 11.8 Å². The number of hydrogen-bond acceptors (Lipinski definition) is 7. The molecule has 0 saturated carbocycles. The molecular formula is C25H33I3N2O8. The van der Waals surface area contributed by atoms with Crippen LogP contribution in [0.15, 0.2) is 0 Å². The maximum Gasteiger partial charge on any atom is 0.338 e. The van der Waals surface area contributed by atoms with Gasteiger partial charge in [-0.3, -0.25) is 9.59 Å². The molecule has 0 aromatic heterocycles. The minimum Gasteiger partial charge on any atom is -0.478 e. The Hall–Kier alpha value is -0.340. The number of ether oxygens (including phenoxy) is 4. The minimum atomic E-state index is -1.14. The van der Waals surface area contributed by atoms with Gasteiger partial charge in [-0.05, 0) is 95.5 Å². The van der Waals surface area contributed by atoms with Gasteiger partial charge in [0.25, 0.3) is 0 Å². The largest absolute Gasteiger partial charge is 0.478 e.